The molecule has 2 N–H and O–H groups in total. The Labute approximate surface area is 122 Å². The zero-order valence-electron chi connectivity index (χ0n) is 11.0. The van der Waals surface area contributed by atoms with Crippen LogP contribution in [-0.4, -0.2) is 16.1 Å². The van der Waals surface area contributed by atoms with Crippen molar-refractivity contribution in [2.24, 2.45) is 0 Å². The maximum Gasteiger partial charge on any atom is 0.354 e. The van der Waals surface area contributed by atoms with Crippen LogP contribution in [0.25, 0.3) is 0 Å². The lowest BCUT2D eigenvalue weighted by molar-refractivity contribution is 0.0690. The summed E-state index contributed by atoms with van der Waals surface area (Å²) in [7, 11) is 0. The molecule has 4 nitrogen and oxygen atoms in total. The van der Waals surface area contributed by atoms with Crippen LogP contribution in [0.4, 0.5) is 0 Å². The lowest BCUT2D eigenvalue weighted by Crippen LogP contribution is -2.19. The van der Waals surface area contributed by atoms with Gasteiger partial charge in [-0.15, -0.1) is 0 Å². The minimum atomic E-state index is -1.02. The molecule has 104 valence electrons. The van der Waals surface area contributed by atoms with Gasteiger partial charge in [0.25, 0.3) is 0 Å². The SMILES string of the molecule is C[C@@H](NCc1cccc(C(=O)O)n1)c1cccc(Cl)c1. The van der Waals surface area contributed by atoms with E-state index in [0.717, 1.165) is 5.56 Å². The van der Waals surface area contributed by atoms with Gasteiger partial charge < -0.3 is 10.4 Å². The van der Waals surface area contributed by atoms with E-state index < -0.39 is 5.97 Å². The summed E-state index contributed by atoms with van der Waals surface area (Å²) in [6.45, 7) is 2.52. The van der Waals surface area contributed by atoms with E-state index in [-0.39, 0.29) is 11.7 Å². The maximum atomic E-state index is 10.9. The number of carboxylic acid groups (broad SMARTS) is 1. The van der Waals surface area contributed by atoms with Crippen LogP contribution in [0, 0.1) is 0 Å². The topological polar surface area (TPSA) is 62.2 Å². The van der Waals surface area contributed by atoms with Crippen molar-refractivity contribution >= 4 is 17.6 Å². The van der Waals surface area contributed by atoms with E-state index in [2.05, 4.69) is 10.3 Å². The maximum absolute atomic E-state index is 10.9. The average molecular weight is 291 g/mol. The molecule has 0 saturated carbocycles. The van der Waals surface area contributed by atoms with Crippen molar-refractivity contribution in [3.05, 3.63) is 64.4 Å². The van der Waals surface area contributed by atoms with Gasteiger partial charge in [-0.25, -0.2) is 9.78 Å². The van der Waals surface area contributed by atoms with E-state index in [0.29, 0.717) is 17.3 Å². The Morgan fingerprint density at radius 1 is 1.35 bits per heavy atom. The molecule has 0 radical (unpaired) electrons. The molecule has 2 aromatic rings. The first kappa shape index (κ1) is 14.5. The number of aromatic carboxylic acids is 1. The summed E-state index contributed by atoms with van der Waals surface area (Å²) in [5.41, 5.74) is 1.82. The summed E-state index contributed by atoms with van der Waals surface area (Å²) in [6.07, 6.45) is 0. The fourth-order valence-electron chi connectivity index (χ4n) is 1.85. The third-order valence-electron chi connectivity index (χ3n) is 2.96. The Bertz CT molecular complexity index is 616. The van der Waals surface area contributed by atoms with Crippen molar-refractivity contribution < 1.29 is 9.90 Å². The van der Waals surface area contributed by atoms with Crippen molar-refractivity contribution in [3.63, 3.8) is 0 Å². The standard InChI is InChI=1S/C15H15ClN2O2/c1-10(11-4-2-5-12(16)8-11)17-9-13-6-3-7-14(18-13)15(19)20/h2-8,10,17H,9H2,1H3,(H,19,20)/t10-/m1/s1. The van der Waals surface area contributed by atoms with E-state index in [1.807, 2.05) is 31.2 Å². The highest BCUT2D eigenvalue weighted by Crippen LogP contribution is 2.17. The number of nitrogens with one attached hydrogen (secondary N) is 1. The monoisotopic (exact) mass is 290 g/mol. The number of pyridine rings is 1. The van der Waals surface area contributed by atoms with E-state index in [9.17, 15) is 4.79 Å². The molecule has 0 spiro atoms. The number of aromatic nitrogens is 1. The molecule has 0 aliphatic heterocycles. The molecule has 0 aliphatic rings. The highest BCUT2D eigenvalue weighted by atomic mass is 35.5. The highest BCUT2D eigenvalue weighted by Gasteiger charge is 2.08. The van der Waals surface area contributed by atoms with Gasteiger partial charge in [-0.05, 0) is 36.8 Å². The van der Waals surface area contributed by atoms with Crippen LogP contribution in [0.3, 0.4) is 0 Å². The minimum absolute atomic E-state index is 0.0553. The van der Waals surface area contributed by atoms with Crippen LogP contribution in [0.2, 0.25) is 5.02 Å². The molecule has 0 bridgehead atoms. The Morgan fingerprint density at radius 3 is 2.80 bits per heavy atom. The average Bonchev–Trinajstić information content (AvgIpc) is 2.45. The molecule has 20 heavy (non-hydrogen) atoms. The number of benzene rings is 1. The fourth-order valence-corrected chi connectivity index (χ4v) is 2.05. The molecule has 2 rings (SSSR count). The van der Waals surface area contributed by atoms with Crippen molar-refractivity contribution in [3.8, 4) is 0 Å². The third kappa shape index (κ3) is 3.79. The van der Waals surface area contributed by atoms with Gasteiger partial charge >= 0.3 is 5.97 Å². The van der Waals surface area contributed by atoms with Gasteiger partial charge in [0, 0.05) is 17.6 Å². The number of rotatable bonds is 5. The summed E-state index contributed by atoms with van der Waals surface area (Å²) in [6, 6.07) is 12.7. The largest absolute Gasteiger partial charge is 0.477 e. The van der Waals surface area contributed by atoms with Crippen molar-refractivity contribution in [2.45, 2.75) is 19.5 Å². The second kappa shape index (κ2) is 6.50. The van der Waals surface area contributed by atoms with Crippen molar-refractivity contribution in [1.29, 1.82) is 0 Å². The zero-order chi connectivity index (χ0) is 14.5. The van der Waals surface area contributed by atoms with Crippen LogP contribution < -0.4 is 5.32 Å². The molecular formula is C15H15ClN2O2. The highest BCUT2D eigenvalue weighted by molar-refractivity contribution is 6.30. The van der Waals surface area contributed by atoms with Crippen LogP contribution >= 0.6 is 11.6 Å². The smallest absolute Gasteiger partial charge is 0.354 e. The number of carboxylic acids is 1. The lowest BCUT2D eigenvalue weighted by Gasteiger charge is -2.14. The van der Waals surface area contributed by atoms with Gasteiger partial charge in [0.1, 0.15) is 5.69 Å². The fraction of sp³-hybridized carbons (Fsp3) is 0.200. The molecule has 0 saturated heterocycles. The summed E-state index contributed by atoms with van der Waals surface area (Å²) < 4.78 is 0. The Kier molecular flexibility index (Phi) is 4.71. The summed E-state index contributed by atoms with van der Waals surface area (Å²) >= 11 is 5.96. The summed E-state index contributed by atoms with van der Waals surface area (Å²) in [5, 5.41) is 12.9. The lowest BCUT2D eigenvalue weighted by atomic mass is 10.1. The number of halogens is 1. The van der Waals surface area contributed by atoms with Crippen LogP contribution in [0.1, 0.15) is 34.7 Å². The van der Waals surface area contributed by atoms with Gasteiger partial charge in [0.2, 0.25) is 0 Å². The van der Waals surface area contributed by atoms with Gasteiger partial charge in [-0.2, -0.15) is 0 Å². The van der Waals surface area contributed by atoms with Gasteiger partial charge in [-0.1, -0.05) is 29.8 Å². The van der Waals surface area contributed by atoms with Crippen LogP contribution in [-0.2, 0) is 6.54 Å². The zero-order valence-corrected chi connectivity index (χ0v) is 11.8. The molecule has 5 heteroatoms. The number of hydrogen-bond acceptors (Lipinski definition) is 3. The number of carbonyl (C=O) groups is 1. The normalized spacial score (nSPS) is 12.1. The minimum Gasteiger partial charge on any atom is -0.477 e. The molecule has 0 unspecified atom stereocenters. The Balaban J connectivity index is 2.01. The second-order valence-corrected chi connectivity index (χ2v) is 4.91. The van der Waals surface area contributed by atoms with Crippen molar-refractivity contribution in [1.82, 2.24) is 10.3 Å². The first-order valence-electron chi connectivity index (χ1n) is 6.24. The third-order valence-corrected chi connectivity index (χ3v) is 3.20. The number of hydrogen-bond donors (Lipinski definition) is 2. The summed E-state index contributed by atoms with van der Waals surface area (Å²) in [5.74, 6) is -1.02. The van der Waals surface area contributed by atoms with Crippen LogP contribution in [0.5, 0.6) is 0 Å². The Hall–Kier alpha value is -1.91. The van der Waals surface area contributed by atoms with Crippen LogP contribution in [0.15, 0.2) is 42.5 Å². The number of nitrogens with zero attached hydrogens (tertiary/aromatic N) is 1. The first-order valence-corrected chi connectivity index (χ1v) is 6.62. The predicted molar refractivity (Wildman–Crippen MR) is 77.9 cm³/mol. The molecular weight excluding hydrogens is 276 g/mol. The van der Waals surface area contributed by atoms with E-state index in [1.165, 1.54) is 6.07 Å². The van der Waals surface area contributed by atoms with Crippen molar-refractivity contribution in [2.75, 3.05) is 0 Å². The molecule has 0 amide bonds. The predicted octanol–water partition coefficient (Wildman–Crippen LogP) is 3.28. The summed E-state index contributed by atoms with van der Waals surface area (Å²) in [4.78, 5) is 14.9. The second-order valence-electron chi connectivity index (χ2n) is 4.48. The molecule has 1 aromatic heterocycles. The first-order chi connectivity index (χ1) is 9.56. The van der Waals surface area contributed by atoms with Gasteiger partial charge in [0.05, 0.1) is 5.69 Å². The molecule has 0 aliphatic carbocycles. The molecule has 1 aromatic carbocycles. The molecule has 1 atom stereocenters. The molecule has 0 fully saturated rings. The van der Waals surface area contributed by atoms with E-state index in [4.69, 9.17) is 16.7 Å². The molecule has 1 heterocycles. The van der Waals surface area contributed by atoms with Gasteiger partial charge in [0.15, 0.2) is 0 Å². The van der Waals surface area contributed by atoms with E-state index in [1.54, 1.807) is 12.1 Å². The quantitative estimate of drug-likeness (QED) is 0.887. The van der Waals surface area contributed by atoms with E-state index >= 15 is 0 Å². The Morgan fingerprint density at radius 2 is 2.10 bits per heavy atom. The van der Waals surface area contributed by atoms with Gasteiger partial charge in [-0.3, -0.25) is 0 Å².